The van der Waals surface area contributed by atoms with E-state index in [2.05, 4.69) is 6.92 Å². The van der Waals surface area contributed by atoms with Crippen LogP contribution in [0.15, 0.2) is 0 Å². The lowest BCUT2D eigenvalue weighted by Crippen LogP contribution is -3.06. The third-order valence-electron chi connectivity index (χ3n) is 1.26. The van der Waals surface area contributed by atoms with Crippen LogP contribution in [-0.4, -0.2) is 33.2 Å². The van der Waals surface area contributed by atoms with E-state index in [9.17, 15) is 4.79 Å². The van der Waals surface area contributed by atoms with Gasteiger partial charge in [0.05, 0.1) is 20.7 Å². The van der Waals surface area contributed by atoms with Gasteiger partial charge >= 0.3 is 5.97 Å². The molecule has 0 aromatic rings. The highest BCUT2D eigenvalue weighted by Crippen LogP contribution is 1.86. The summed E-state index contributed by atoms with van der Waals surface area (Å²) in [5.74, 6) is -0.0987. The van der Waals surface area contributed by atoms with Gasteiger partial charge in [-0.25, -0.2) is 4.79 Å². The topological polar surface area (TPSA) is 30.7 Å². The van der Waals surface area contributed by atoms with Gasteiger partial charge in [0.1, 0.15) is 0 Å². The van der Waals surface area contributed by atoms with Gasteiger partial charge < -0.3 is 9.64 Å². The largest absolute Gasteiger partial charge is 0.462 e. The second-order valence-corrected chi connectivity index (χ2v) is 2.96. The smallest absolute Gasteiger partial charge is 0.361 e. The Morgan fingerprint density at radius 2 is 2.09 bits per heavy atom. The minimum Gasteiger partial charge on any atom is -0.462 e. The predicted molar refractivity (Wildman–Crippen MR) is 43.5 cm³/mol. The number of hydrogen-bond donors (Lipinski definition) is 1. The zero-order valence-corrected chi connectivity index (χ0v) is 7.64. The van der Waals surface area contributed by atoms with Crippen molar-refractivity contribution in [3.63, 3.8) is 0 Å². The van der Waals surface area contributed by atoms with Gasteiger partial charge in [0.2, 0.25) is 0 Å². The molecule has 0 saturated heterocycles. The second-order valence-electron chi connectivity index (χ2n) is 2.96. The Kier molecular flexibility index (Phi) is 5.84. The first-order valence-electron chi connectivity index (χ1n) is 4.11. The average Bonchev–Trinajstić information content (AvgIpc) is 1.86. The average molecular weight is 160 g/mol. The third kappa shape index (κ3) is 7.33. The van der Waals surface area contributed by atoms with Crippen molar-refractivity contribution < 1.29 is 14.4 Å². The van der Waals surface area contributed by atoms with Crippen LogP contribution in [0.1, 0.15) is 19.8 Å². The highest BCUT2D eigenvalue weighted by molar-refractivity contribution is 5.70. The molecule has 0 aromatic carbocycles. The molecule has 0 atom stereocenters. The van der Waals surface area contributed by atoms with Gasteiger partial charge in [-0.15, -0.1) is 0 Å². The Balaban J connectivity index is 3.23. The van der Waals surface area contributed by atoms with Crippen molar-refractivity contribution in [2.24, 2.45) is 0 Å². The van der Waals surface area contributed by atoms with Crippen molar-refractivity contribution in [1.29, 1.82) is 0 Å². The number of hydrogen-bond acceptors (Lipinski definition) is 2. The highest BCUT2D eigenvalue weighted by atomic mass is 16.5. The highest BCUT2D eigenvalue weighted by Gasteiger charge is 2.05. The molecular formula is C8H18NO2+. The van der Waals surface area contributed by atoms with Crippen LogP contribution in [0.4, 0.5) is 0 Å². The van der Waals surface area contributed by atoms with Gasteiger partial charge in [-0.1, -0.05) is 13.3 Å². The van der Waals surface area contributed by atoms with Crippen molar-refractivity contribution in [3.8, 4) is 0 Å². The summed E-state index contributed by atoms with van der Waals surface area (Å²) in [6.07, 6.45) is 2.04. The van der Waals surface area contributed by atoms with Crippen LogP contribution in [0.3, 0.4) is 0 Å². The number of carbonyl (C=O) groups excluding carboxylic acids is 1. The Labute approximate surface area is 68.3 Å². The molecule has 3 nitrogen and oxygen atoms in total. The second kappa shape index (κ2) is 6.16. The van der Waals surface area contributed by atoms with Crippen molar-refractivity contribution in [1.82, 2.24) is 0 Å². The van der Waals surface area contributed by atoms with E-state index in [4.69, 9.17) is 4.74 Å². The number of esters is 1. The molecule has 0 aliphatic rings. The van der Waals surface area contributed by atoms with Crippen molar-refractivity contribution >= 4 is 5.97 Å². The van der Waals surface area contributed by atoms with Crippen molar-refractivity contribution in [2.75, 3.05) is 27.2 Å². The molecule has 0 aromatic heterocycles. The van der Waals surface area contributed by atoms with Crippen molar-refractivity contribution in [2.45, 2.75) is 19.8 Å². The maximum absolute atomic E-state index is 10.9. The molecule has 0 heterocycles. The number of unbranched alkanes of at least 4 members (excludes halogenated alkanes) is 1. The normalized spacial score (nSPS) is 10.2. The van der Waals surface area contributed by atoms with E-state index in [0.717, 1.165) is 17.7 Å². The van der Waals surface area contributed by atoms with Crippen LogP contribution in [0.2, 0.25) is 0 Å². The molecule has 0 aliphatic carbocycles. The predicted octanol–water partition coefficient (Wildman–Crippen LogP) is -0.526. The van der Waals surface area contributed by atoms with Crippen LogP contribution < -0.4 is 4.90 Å². The number of likely N-dealkylation sites (N-methyl/N-ethyl adjacent to an activating group) is 1. The van der Waals surface area contributed by atoms with E-state index in [0.29, 0.717) is 13.2 Å². The summed E-state index contributed by atoms with van der Waals surface area (Å²) in [6.45, 7) is 3.11. The van der Waals surface area contributed by atoms with Crippen LogP contribution in [0, 0.1) is 0 Å². The summed E-state index contributed by atoms with van der Waals surface area (Å²) in [6, 6.07) is 0. The molecular weight excluding hydrogens is 142 g/mol. The van der Waals surface area contributed by atoms with Gasteiger partial charge in [0.15, 0.2) is 6.54 Å². The zero-order valence-electron chi connectivity index (χ0n) is 7.64. The van der Waals surface area contributed by atoms with Crippen molar-refractivity contribution in [3.05, 3.63) is 0 Å². The van der Waals surface area contributed by atoms with E-state index >= 15 is 0 Å². The van der Waals surface area contributed by atoms with E-state index in [1.54, 1.807) is 0 Å². The summed E-state index contributed by atoms with van der Waals surface area (Å²) in [7, 11) is 3.86. The minimum atomic E-state index is -0.0987. The molecule has 0 aliphatic heterocycles. The Morgan fingerprint density at radius 3 is 2.55 bits per heavy atom. The summed E-state index contributed by atoms with van der Waals surface area (Å²) < 4.78 is 4.93. The Bertz CT molecular complexity index is 113. The van der Waals surface area contributed by atoms with E-state index < -0.39 is 0 Å². The Hall–Kier alpha value is -0.570. The quantitative estimate of drug-likeness (QED) is 0.433. The van der Waals surface area contributed by atoms with Crippen LogP contribution >= 0.6 is 0 Å². The van der Waals surface area contributed by atoms with Crippen LogP contribution in [-0.2, 0) is 9.53 Å². The number of quaternary nitrogens is 1. The lowest BCUT2D eigenvalue weighted by molar-refractivity contribution is -0.850. The first-order valence-corrected chi connectivity index (χ1v) is 4.11. The molecule has 1 N–H and O–H groups in total. The lowest BCUT2D eigenvalue weighted by Gasteiger charge is -2.06. The summed E-state index contributed by atoms with van der Waals surface area (Å²) in [5.41, 5.74) is 0. The molecule has 0 saturated carbocycles. The molecule has 3 heteroatoms. The lowest BCUT2D eigenvalue weighted by atomic mass is 10.4. The molecule has 0 bridgehead atoms. The van der Waals surface area contributed by atoms with E-state index in [1.807, 2.05) is 14.1 Å². The van der Waals surface area contributed by atoms with Gasteiger partial charge in [0, 0.05) is 0 Å². The maximum atomic E-state index is 10.9. The molecule has 0 radical (unpaired) electrons. The van der Waals surface area contributed by atoms with E-state index in [1.165, 1.54) is 0 Å². The summed E-state index contributed by atoms with van der Waals surface area (Å²) >= 11 is 0. The van der Waals surface area contributed by atoms with Crippen LogP contribution in [0.5, 0.6) is 0 Å². The molecule has 66 valence electrons. The maximum Gasteiger partial charge on any atom is 0.361 e. The zero-order chi connectivity index (χ0) is 8.69. The fraction of sp³-hybridized carbons (Fsp3) is 0.875. The van der Waals surface area contributed by atoms with Gasteiger partial charge in [-0.05, 0) is 6.42 Å². The van der Waals surface area contributed by atoms with E-state index in [-0.39, 0.29) is 5.97 Å². The molecule has 0 amide bonds. The van der Waals surface area contributed by atoms with Gasteiger partial charge in [-0.2, -0.15) is 0 Å². The molecule has 0 fully saturated rings. The summed E-state index contributed by atoms with van der Waals surface area (Å²) in [5, 5.41) is 0. The fourth-order valence-corrected chi connectivity index (χ4v) is 0.670. The standard InChI is InChI=1S/C8H17NO2/c1-4-5-6-11-8(10)7-9(2)3/h4-7H2,1-3H3/p+1. The number of rotatable bonds is 5. The molecule has 0 spiro atoms. The van der Waals surface area contributed by atoms with Gasteiger partial charge in [0.25, 0.3) is 0 Å². The number of ether oxygens (including phenoxy) is 1. The first-order chi connectivity index (χ1) is 5.16. The Morgan fingerprint density at radius 1 is 1.45 bits per heavy atom. The summed E-state index contributed by atoms with van der Waals surface area (Å²) in [4.78, 5) is 12.0. The van der Waals surface area contributed by atoms with Crippen LogP contribution in [0.25, 0.3) is 0 Å². The molecule has 11 heavy (non-hydrogen) atoms. The fourth-order valence-electron chi connectivity index (χ4n) is 0.670. The number of carbonyl (C=O) groups is 1. The SMILES string of the molecule is CCCCOC(=O)C[NH+](C)C. The molecule has 0 unspecified atom stereocenters. The third-order valence-corrected chi connectivity index (χ3v) is 1.26. The number of nitrogens with one attached hydrogen (secondary N) is 1. The molecule has 0 rings (SSSR count). The first kappa shape index (κ1) is 10.4. The monoisotopic (exact) mass is 160 g/mol. The van der Waals surface area contributed by atoms with Gasteiger partial charge in [-0.3, -0.25) is 0 Å². The minimum absolute atomic E-state index is 0.0987.